The first-order chi connectivity index (χ1) is 18.0. The van der Waals surface area contributed by atoms with E-state index in [1.165, 1.54) is 0 Å². The summed E-state index contributed by atoms with van der Waals surface area (Å²) in [6.45, 7) is 3.89. The Balaban J connectivity index is 1.34. The lowest BCUT2D eigenvalue weighted by Crippen LogP contribution is -2.49. The highest BCUT2D eigenvalue weighted by molar-refractivity contribution is 5.97. The molecule has 38 heavy (non-hydrogen) atoms. The molecule has 8 nitrogen and oxygen atoms in total. The molecule has 0 saturated carbocycles. The van der Waals surface area contributed by atoms with Gasteiger partial charge in [-0.2, -0.15) is 13.2 Å². The van der Waals surface area contributed by atoms with E-state index in [2.05, 4.69) is 16.8 Å². The number of methoxy groups -OCH3 is 1. The molecule has 0 N–H and O–H groups in total. The molecule has 0 bridgehead atoms. The van der Waals surface area contributed by atoms with Gasteiger partial charge in [0.25, 0.3) is 5.91 Å². The summed E-state index contributed by atoms with van der Waals surface area (Å²) in [5, 5.41) is 0. The number of aromatic nitrogens is 1. The largest absolute Gasteiger partial charge is 0.482 e. The second-order valence-corrected chi connectivity index (χ2v) is 10.4. The molecule has 4 heterocycles. The van der Waals surface area contributed by atoms with Crippen molar-refractivity contribution in [1.29, 1.82) is 0 Å². The third-order valence-corrected chi connectivity index (χ3v) is 8.01. The number of pyridine rings is 1. The van der Waals surface area contributed by atoms with Crippen LogP contribution in [-0.4, -0.2) is 73.6 Å². The number of carbonyl (C=O) groups excluding carboxylic acids is 2. The predicted molar refractivity (Wildman–Crippen MR) is 133 cm³/mol. The molecule has 1 aromatic carbocycles. The molecule has 5 rings (SSSR count). The topological polar surface area (TPSA) is 75.2 Å². The number of likely N-dealkylation sites (tertiary alicyclic amines) is 1. The standard InChI is InChI=1S/C27H31F3N4O4/c1-17(18-4-5-23-22(11-18)32(2)24(35)14-38-23)34-9-7-26(15-34,16-37-3)25(36)33-8-6-21-19(13-33)10-20(12-31-21)27(28,29)30/h4-5,10-12,17H,6-9,13-16H2,1-3H3. The Morgan fingerprint density at radius 1 is 1.26 bits per heavy atom. The van der Waals surface area contributed by atoms with Crippen molar-refractivity contribution in [3.8, 4) is 5.75 Å². The zero-order chi connectivity index (χ0) is 27.2. The van der Waals surface area contributed by atoms with Crippen molar-refractivity contribution in [3.05, 3.63) is 52.8 Å². The molecule has 0 spiro atoms. The number of hydrogen-bond acceptors (Lipinski definition) is 6. The highest BCUT2D eigenvalue weighted by Crippen LogP contribution is 2.41. The van der Waals surface area contributed by atoms with Crippen LogP contribution < -0.4 is 9.64 Å². The minimum atomic E-state index is -4.49. The smallest absolute Gasteiger partial charge is 0.417 e. The normalized spacial score (nSPS) is 22.6. The molecule has 2 amide bonds. The van der Waals surface area contributed by atoms with Crippen molar-refractivity contribution in [2.45, 2.75) is 38.5 Å². The number of amides is 2. The van der Waals surface area contributed by atoms with Crippen molar-refractivity contribution >= 4 is 17.5 Å². The first kappa shape index (κ1) is 26.4. The Labute approximate surface area is 219 Å². The van der Waals surface area contributed by atoms with Crippen molar-refractivity contribution in [1.82, 2.24) is 14.8 Å². The molecule has 1 aromatic heterocycles. The Morgan fingerprint density at radius 2 is 2.05 bits per heavy atom. The molecule has 1 saturated heterocycles. The van der Waals surface area contributed by atoms with Gasteiger partial charge in [-0.25, -0.2) is 0 Å². The van der Waals surface area contributed by atoms with E-state index in [0.29, 0.717) is 55.2 Å². The Bertz CT molecular complexity index is 1250. The van der Waals surface area contributed by atoms with Crippen molar-refractivity contribution < 1.29 is 32.2 Å². The van der Waals surface area contributed by atoms with Gasteiger partial charge in [-0.15, -0.1) is 0 Å². The minimum Gasteiger partial charge on any atom is -0.482 e. The summed E-state index contributed by atoms with van der Waals surface area (Å²) in [7, 11) is 3.28. The van der Waals surface area contributed by atoms with Crippen LogP contribution >= 0.6 is 0 Å². The van der Waals surface area contributed by atoms with E-state index in [1.807, 2.05) is 18.2 Å². The number of likely N-dealkylation sites (N-methyl/N-ethyl adjacent to an activating group) is 1. The van der Waals surface area contributed by atoms with Crippen LogP contribution in [0.25, 0.3) is 0 Å². The van der Waals surface area contributed by atoms with Crippen LogP contribution in [0.5, 0.6) is 5.75 Å². The van der Waals surface area contributed by atoms with Crippen molar-refractivity contribution in [2.24, 2.45) is 5.41 Å². The van der Waals surface area contributed by atoms with E-state index in [9.17, 15) is 22.8 Å². The molecule has 0 aliphatic carbocycles. The summed E-state index contributed by atoms with van der Waals surface area (Å²) in [6.07, 6.45) is -2.65. The number of halogens is 3. The molecule has 11 heteroatoms. The number of fused-ring (bicyclic) bond motifs is 2. The van der Waals surface area contributed by atoms with Gasteiger partial charge in [0.15, 0.2) is 6.61 Å². The number of hydrogen-bond donors (Lipinski definition) is 0. The highest BCUT2D eigenvalue weighted by atomic mass is 19.4. The maximum atomic E-state index is 13.9. The monoisotopic (exact) mass is 532 g/mol. The first-order valence-corrected chi connectivity index (χ1v) is 12.6. The van der Waals surface area contributed by atoms with Crippen LogP contribution in [0.15, 0.2) is 30.5 Å². The molecule has 3 aliphatic heterocycles. The van der Waals surface area contributed by atoms with Gasteiger partial charge >= 0.3 is 6.18 Å². The predicted octanol–water partition coefficient (Wildman–Crippen LogP) is 3.44. The van der Waals surface area contributed by atoms with Crippen LogP contribution in [0.1, 0.15) is 41.8 Å². The third kappa shape index (κ3) is 4.73. The molecule has 204 valence electrons. The van der Waals surface area contributed by atoms with Gasteiger partial charge in [0.2, 0.25) is 5.91 Å². The maximum absolute atomic E-state index is 13.9. The van der Waals surface area contributed by atoms with Gasteiger partial charge in [-0.3, -0.25) is 19.5 Å². The summed E-state index contributed by atoms with van der Waals surface area (Å²) in [5.74, 6) is 0.428. The number of alkyl halides is 3. The van der Waals surface area contributed by atoms with Gasteiger partial charge in [0.1, 0.15) is 5.75 Å². The zero-order valence-electron chi connectivity index (χ0n) is 21.7. The van der Waals surface area contributed by atoms with Crippen LogP contribution in [0.2, 0.25) is 0 Å². The third-order valence-electron chi connectivity index (χ3n) is 8.01. The van der Waals surface area contributed by atoms with Gasteiger partial charge in [0, 0.05) is 58.1 Å². The SMILES string of the molecule is COCC1(C(=O)N2CCc3ncc(C(F)(F)F)cc3C2)CCN(C(C)c2ccc3c(c2)N(C)C(=O)CO3)C1. The fourth-order valence-electron chi connectivity index (χ4n) is 5.72. The van der Waals surface area contributed by atoms with Gasteiger partial charge in [-0.05, 0) is 49.2 Å². The molecule has 0 radical (unpaired) electrons. The summed E-state index contributed by atoms with van der Waals surface area (Å²) >= 11 is 0. The maximum Gasteiger partial charge on any atom is 0.417 e. The van der Waals surface area contributed by atoms with E-state index in [0.717, 1.165) is 17.8 Å². The summed E-state index contributed by atoms with van der Waals surface area (Å²) < 4.78 is 50.8. The summed E-state index contributed by atoms with van der Waals surface area (Å²) in [6, 6.07) is 6.84. The van der Waals surface area contributed by atoms with Crippen LogP contribution in [0, 0.1) is 5.41 Å². The molecule has 3 aliphatic rings. The minimum absolute atomic E-state index is 0.0146. The molecule has 2 unspecified atom stereocenters. The van der Waals surface area contributed by atoms with Crippen molar-refractivity contribution in [3.63, 3.8) is 0 Å². The fourth-order valence-corrected chi connectivity index (χ4v) is 5.72. The zero-order valence-corrected chi connectivity index (χ0v) is 21.7. The highest BCUT2D eigenvalue weighted by Gasteiger charge is 2.48. The van der Waals surface area contributed by atoms with E-state index < -0.39 is 17.2 Å². The fraction of sp³-hybridized carbons (Fsp3) is 0.519. The van der Waals surface area contributed by atoms with E-state index in [1.54, 1.807) is 24.0 Å². The number of benzene rings is 1. The number of anilines is 1. The molecule has 2 aromatic rings. The Morgan fingerprint density at radius 3 is 2.79 bits per heavy atom. The van der Waals surface area contributed by atoms with Crippen LogP contribution in [0.3, 0.4) is 0 Å². The second-order valence-electron chi connectivity index (χ2n) is 10.4. The van der Waals surface area contributed by atoms with E-state index >= 15 is 0 Å². The Hall–Kier alpha value is -3.18. The lowest BCUT2D eigenvalue weighted by atomic mass is 9.85. The molecular formula is C27H31F3N4O4. The van der Waals surface area contributed by atoms with E-state index in [4.69, 9.17) is 9.47 Å². The molecular weight excluding hydrogens is 501 g/mol. The number of nitrogens with zero attached hydrogens (tertiary/aromatic N) is 4. The number of ether oxygens (including phenoxy) is 2. The molecule has 1 fully saturated rings. The van der Waals surface area contributed by atoms with Gasteiger partial charge in [0.05, 0.1) is 23.3 Å². The van der Waals surface area contributed by atoms with Gasteiger partial charge in [-0.1, -0.05) is 6.07 Å². The van der Waals surface area contributed by atoms with Crippen LogP contribution in [-0.2, 0) is 33.5 Å². The Kier molecular flexibility index (Phi) is 6.85. The average molecular weight is 533 g/mol. The molecule has 2 atom stereocenters. The first-order valence-electron chi connectivity index (χ1n) is 12.6. The number of carbonyl (C=O) groups is 2. The van der Waals surface area contributed by atoms with Crippen LogP contribution in [0.4, 0.5) is 18.9 Å². The lowest BCUT2D eigenvalue weighted by Gasteiger charge is -2.37. The van der Waals surface area contributed by atoms with E-state index in [-0.39, 0.29) is 37.6 Å². The summed E-state index contributed by atoms with van der Waals surface area (Å²) in [5.41, 5.74) is 1.13. The quantitative estimate of drug-likeness (QED) is 0.588. The lowest BCUT2D eigenvalue weighted by molar-refractivity contribution is -0.145. The number of rotatable bonds is 5. The summed E-state index contributed by atoms with van der Waals surface area (Å²) in [4.78, 5) is 35.5. The van der Waals surface area contributed by atoms with Gasteiger partial charge < -0.3 is 19.3 Å². The van der Waals surface area contributed by atoms with Crippen molar-refractivity contribution in [2.75, 3.05) is 51.9 Å². The second kappa shape index (κ2) is 9.85. The average Bonchev–Trinajstić information content (AvgIpc) is 3.34.